The maximum Gasteiger partial charge on any atom is 0.289 e. The lowest BCUT2D eigenvalue weighted by Gasteiger charge is -2.26. The lowest BCUT2D eigenvalue weighted by atomic mass is 9.93. The van der Waals surface area contributed by atoms with E-state index in [1.54, 1.807) is 12.1 Å². The number of carbonyl (C=O) groups excluding carboxylic acids is 5. The van der Waals surface area contributed by atoms with Crippen LogP contribution in [-0.4, -0.2) is 64.1 Å². The van der Waals surface area contributed by atoms with Crippen LogP contribution in [0.4, 0.5) is 0 Å². The van der Waals surface area contributed by atoms with Gasteiger partial charge in [-0.05, 0) is 43.4 Å². The molecule has 2 heterocycles. The molecule has 5 rings (SSSR count). The van der Waals surface area contributed by atoms with Crippen molar-refractivity contribution in [2.24, 2.45) is 5.92 Å². The molecule has 1 aromatic heterocycles. The van der Waals surface area contributed by atoms with Gasteiger partial charge in [0.25, 0.3) is 11.8 Å². The molecule has 1 saturated heterocycles. The van der Waals surface area contributed by atoms with Gasteiger partial charge in [0.2, 0.25) is 17.6 Å². The summed E-state index contributed by atoms with van der Waals surface area (Å²) in [5, 5.41) is 11.0. The van der Waals surface area contributed by atoms with E-state index in [1.165, 1.54) is 0 Å². The summed E-state index contributed by atoms with van der Waals surface area (Å²) in [4.78, 5) is 73.0. The smallest absolute Gasteiger partial charge is 0.289 e. The average molecular weight is 573 g/mol. The van der Waals surface area contributed by atoms with E-state index < -0.39 is 41.5 Å². The van der Waals surface area contributed by atoms with E-state index in [0.717, 1.165) is 37.7 Å². The fraction of sp³-hybridized carbons (Fsp3) is 0.419. The molecule has 0 spiro atoms. The van der Waals surface area contributed by atoms with Crippen LogP contribution in [0.2, 0.25) is 0 Å². The van der Waals surface area contributed by atoms with Crippen LogP contribution >= 0.6 is 0 Å². The zero-order valence-corrected chi connectivity index (χ0v) is 23.4. The normalized spacial score (nSPS) is 18.6. The second-order valence-corrected chi connectivity index (χ2v) is 11.1. The van der Waals surface area contributed by atoms with Gasteiger partial charge < -0.3 is 26.3 Å². The number of H-pyrrole nitrogens is 1. The number of amides is 4. The third-order valence-corrected chi connectivity index (χ3v) is 7.99. The van der Waals surface area contributed by atoms with Crippen LogP contribution in [0.1, 0.15) is 61.1 Å². The molecule has 2 aliphatic rings. The predicted molar refractivity (Wildman–Crippen MR) is 155 cm³/mol. The molecule has 42 heavy (non-hydrogen) atoms. The number of rotatable bonds is 11. The van der Waals surface area contributed by atoms with Gasteiger partial charge in [-0.15, -0.1) is 0 Å². The van der Waals surface area contributed by atoms with Crippen LogP contribution in [-0.2, 0) is 25.6 Å². The number of fused-ring (bicyclic) bond motifs is 1. The Morgan fingerprint density at radius 2 is 1.62 bits per heavy atom. The molecule has 0 bridgehead atoms. The summed E-state index contributed by atoms with van der Waals surface area (Å²) < 4.78 is 0. The minimum absolute atomic E-state index is 0.00985. The fourth-order valence-electron chi connectivity index (χ4n) is 5.67. The number of benzene rings is 2. The van der Waals surface area contributed by atoms with Crippen LogP contribution in [0.15, 0.2) is 54.6 Å². The topological polar surface area (TPSA) is 162 Å². The predicted octanol–water partition coefficient (Wildman–Crippen LogP) is 1.93. The number of aromatic nitrogens is 2. The quantitative estimate of drug-likeness (QED) is 0.221. The average Bonchev–Trinajstić information content (AvgIpc) is 3.63. The molecule has 2 fully saturated rings. The lowest BCUT2D eigenvalue weighted by molar-refractivity contribution is -0.141. The molecule has 1 aliphatic heterocycles. The number of nitrogens with one attached hydrogen (secondary N) is 5. The van der Waals surface area contributed by atoms with E-state index in [0.29, 0.717) is 24.0 Å². The molecule has 11 nitrogen and oxygen atoms in total. The molecule has 1 aliphatic carbocycles. The number of imidazole rings is 1. The summed E-state index contributed by atoms with van der Waals surface area (Å²) >= 11 is 0. The highest BCUT2D eigenvalue weighted by molar-refractivity contribution is 6.38. The molecule has 3 aromatic rings. The van der Waals surface area contributed by atoms with Crippen molar-refractivity contribution in [2.75, 3.05) is 6.54 Å². The summed E-state index contributed by atoms with van der Waals surface area (Å²) in [6.07, 6.45) is 5.28. The summed E-state index contributed by atoms with van der Waals surface area (Å²) in [6.45, 7) is 0.469. The SMILES string of the molecule is O=C(NC1CCCCC1)C(=O)[C@H](C[C@@H]1CCNC1=O)NC(=O)[C@H](Cc1ccccc1)NC(=O)c1nc2ccccc2[nH]1. The van der Waals surface area contributed by atoms with E-state index in [9.17, 15) is 24.0 Å². The van der Waals surface area contributed by atoms with Gasteiger partial charge in [-0.3, -0.25) is 24.0 Å². The second-order valence-electron chi connectivity index (χ2n) is 11.1. The van der Waals surface area contributed by atoms with E-state index >= 15 is 0 Å². The summed E-state index contributed by atoms with van der Waals surface area (Å²) in [5.41, 5.74) is 2.07. The Bertz CT molecular complexity index is 1420. The number of hydrogen-bond donors (Lipinski definition) is 5. The minimum atomic E-state index is -1.23. The van der Waals surface area contributed by atoms with E-state index in [-0.39, 0.29) is 30.6 Å². The van der Waals surface area contributed by atoms with Gasteiger partial charge in [-0.25, -0.2) is 4.98 Å². The van der Waals surface area contributed by atoms with Gasteiger partial charge in [0.1, 0.15) is 6.04 Å². The number of para-hydroxylation sites is 2. The van der Waals surface area contributed by atoms with Crippen LogP contribution < -0.4 is 21.3 Å². The maximum atomic E-state index is 13.7. The van der Waals surface area contributed by atoms with Crippen molar-refractivity contribution in [3.05, 3.63) is 66.0 Å². The lowest BCUT2D eigenvalue weighted by Crippen LogP contribution is -2.56. The zero-order chi connectivity index (χ0) is 29.5. The first-order chi connectivity index (χ1) is 20.4. The molecule has 11 heteroatoms. The Labute approximate surface area is 243 Å². The van der Waals surface area contributed by atoms with Crippen molar-refractivity contribution in [3.8, 4) is 0 Å². The Hall–Kier alpha value is -4.54. The van der Waals surface area contributed by atoms with Gasteiger partial charge in [-0.1, -0.05) is 61.7 Å². The number of ketones is 1. The molecule has 0 radical (unpaired) electrons. The van der Waals surface area contributed by atoms with Gasteiger partial charge in [-0.2, -0.15) is 0 Å². The van der Waals surface area contributed by atoms with Crippen molar-refractivity contribution >= 4 is 40.4 Å². The van der Waals surface area contributed by atoms with Crippen LogP contribution in [0, 0.1) is 5.92 Å². The van der Waals surface area contributed by atoms with Gasteiger partial charge in [0, 0.05) is 24.9 Å². The second kappa shape index (κ2) is 13.4. The van der Waals surface area contributed by atoms with E-state index in [1.807, 2.05) is 42.5 Å². The first-order valence-corrected chi connectivity index (χ1v) is 14.6. The highest BCUT2D eigenvalue weighted by Crippen LogP contribution is 2.19. The molecule has 2 aromatic carbocycles. The number of nitrogens with zero attached hydrogens (tertiary/aromatic N) is 1. The summed E-state index contributed by atoms with van der Waals surface area (Å²) in [5.74, 6) is -3.47. The van der Waals surface area contributed by atoms with Crippen LogP contribution in [0.25, 0.3) is 11.0 Å². The minimum Gasteiger partial charge on any atom is -0.356 e. The fourth-order valence-corrected chi connectivity index (χ4v) is 5.67. The molecular weight excluding hydrogens is 536 g/mol. The van der Waals surface area contributed by atoms with E-state index in [4.69, 9.17) is 0 Å². The van der Waals surface area contributed by atoms with Crippen molar-refractivity contribution in [3.63, 3.8) is 0 Å². The molecule has 5 N–H and O–H groups in total. The Morgan fingerprint density at radius 1 is 0.881 bits per heavy atom. The highest BCUT2D eigenvalue weighted by atomic mass is 16.2. The molecule has 4 amide bonds. The number of hydrogen-bond acceptors (Lipinski definition) is 6. The third-order valence-electron chi connectivity index (χ3n) is 7.99. The van der Waals surface area contributed by atoms with E-state index in [2.05, 4.69) is 31.2 Å². The van der Waals surface area contributed by atoms with Crippen molar-refractivity contribution in [1.29, 1.82) is 0 Å². The first-order valence-electron chi connectivity index (χ1n) is 14.6. The number of Topliss-reactive ketones (excluding diaryl/α,β-unsaturated/α-hetero) is 1. The summed E-state index contributed by atoms with van der Waals surface area (Å²) in [6, 6.07) is 14.0. The third kappa shape index (κ3) is 7.20. The molecule has 3 atom stereocenters. The van der Waals surface area contributed by atoms with Crippen LogP contribution in [0.3, 0.4) is 0 Å². The van der Waals surface area contributed by atoms with Crippen molar-refractivity contribution in [1.82, 2.24) is 31.2 Å². The van der Waals surface area contributed by atoms with Gasteiger partial charge in [0.05, 0.1) is 17.1 Å². The zero-order valence-electron chi connectivity index (χ0n) is 23.4. The van der Waals surface area contributed by atoms with Crippen molar-refractivity contribution in [2.45, 2.75) is 69.5 Å². The highest BCUT2D eigenvalue weighted by Gasteiger charge is 2.36. The van der Waals surface area contributed by atoms with Crippen LogP contribution in [0.5, 0.6) is 0 Å². The monoisotopic (exact) mass is 572 g/mol. The standard InChI is InChI=1S/C31H36N6O5/c38-26(30(41)33-21-11-5-2-6-12-21)24(18-20-15-16-32-28(20)39)36-29(40)25(17-19-9-3-1-4-10-19)37-31(42)27-34-22-13-7-8-14-23(22)35-27/h1,3-4,7-10,13-14,20-21,24-25H,2,5-6,11-12,15-18H2,(H,32,39)(H,33,41)(H,34,35)(H,36,40)(H,37,42)/t20-,24-,25-/m0/s1. The van der Waals surface area contributed by atoms with Gasteiger partial charge in [0.15, 0.2) is 5.82 Å². The molecule has 0 unspecified atom stereocenters. The largest absolute Gasteiger partial charge is 0.356 e. The maximum absolute atomic E-state index is 13.7. The Kier molecular flexibility index (Phi) is 9.25. The van der Waals surface area contributed by atoms with Crippen molar-refractivity contribution < 1.29 is 24.0 Å². The molecular formula is C31H36N6O5. The number of carbonyl (C=O) groups is 5. The Morgan fingerprint density at radius 3 is 2.33 bits per heavy atom. The molecule has 1 saturated carbocycles. The summed E-state index contributed by atoms with van der Waals surface area (Å²) in [7, 11) is 0. The molecule has 220 valence electrons. The Balaban J connectivity index is 1.34. The number of aromatic amines is 1. The first kappa shape index (κ1) is 29.0. The van der Waals surface area contributed by atoms with Gasteiger partial charge >= 0.3 is 0 Å².